The number of nitrogens with zero attached hydrogens (tertiary/aromatic N) is 5. The van der Waals surface area contributed by atoms with Crippen LogP contribution in [-0.2, 0) is 11.2 Å². The molecular weight excluding hydrogens is 585 g/mol. The lowest BCUT2D eigenvalue weighted by molar-refractivity contribution is -0.122. The van der Waals surface area contributed by atoms with E-state index in [0.29, 0.717) is 66.6 Å². The summed E-state index contributed by atoms with van der Waals surface area (Å²) < 4.78 is 52.3. The number of amides is 1. The fourth-order valence-electron chi connectivity index (χ4n) is 8.11. The monoisotopic (exact) mass is 618 g/mol. The van der Waals surface area contributed by atoms with Gasteiger partial charge in [0.2, 0.25) is 5.91 Å². The first-order chi connectivity index (χ1) is 21.7. The number of ether oxygens (including phenoxy) is 1. The molecule has 4 atom stereocenters. The van der Waals surface area contributed by atoms with Crippen LogP contribution in [0.2, 0.25) is 0 Å². The zero-order chi connectivity index (χ0) is 31.0. The molecule has 2 aromatic carbocycles. The van der Waals surface area contributed by atoms with E-state index in [1.54, 1.807) is 6.07 Å². The summed E-state index contributed by atoms with van der Waals surface area (Å²) >= 11 is 0. The third-order valence-electron chi connectivity index (χ3n) is 10.3. The second kappa shape index (κ2) is 10.4. The van der Waals surface area contributed by atoms with Crippen molar-refractivity contribution in [2.45, 2.75) is 44.3 Å². The van der Waals surface area contributed by atoms with Crippen molar-refractivity contribution in [2.75, 3.05) is 44.2 Å². The topological polar surface area (TPSA) is 104 Å². The van der Waals surface area contributed by atoms with Crippen molar-refractivity contribution in [1.29, 1.82) is 0 Å². The largest absolute Gasteiger partial charge is 0.508 e. The molecule has 2 unspecified atom stereocenters. The summed E-state index contributed by atoms with van der Waals surface area (Å²) in [6, 6.07) is 5.75. The summed E-state index contributed by atoms with van der Waals surface area (Å²) in [5.41, 5.74) is 0.0537. The van der Waals surface area contributed by atoms with Gasteiger partial charge in [0.1, 0.15) is 41.4 Å². The zero-order valence-electron chi connectivity index (χ0n) is 24.8. The maximum atomic E-state index is 16.8. The van der Waals surface area contributed by atoms with E-state index in [2.05, 4.69) is 20.2 Å². The standard InChI is InChI=1S/C33H33F3N6O3/c1-2-21-25(35)5-4-17-8-20(43)9-22(26(17)21)28-27(36)29-23(12-37-28)30(41-13-18-11-38-31(44)24(18)15-41)40-32(39-29)45-16-33-6-3-7-42(33)14-19(34)10-33/h4-5,8-9,12,18-19,24,43H,2-3,6-7,10-11,13-16H2,1H3,(H,38,44)/t18?,19-,24?,33+/m1/s1. The van der Waals surface area contributed by atoms with Crippen molar-refractivity contribution in [1.82, 2.24) is 25.2 Å². The van der Waals surface area contributed by atoms with Crippen molar-refractivity contribution < 1.29 is 27.8 Å². The number of alkyl halides is 1. The van der Waals surface area contributed by atoms with E-state index in [1.807, 2.05) is 11.8 Å². The second-order valence-corrected chi connectivity index (χ2v) is 12.9. The molecule has 6 heterocycles. The van der Waals surface area contributed by atoms with Gasteiger partial charge in [-0.05, 0) is 60.3 Å². The van der Waals surface area contributed by atoms with Gasteiger partial charge in [-0.15, -0.1) is 0 Å². The summed E-state index contributed by atoms with van der Waals surface area (Å²) in [4.78, 5) is 30.3. The molecule has 8 rings (SSSR count). The Morgan fingerprint density at radius 3 is 2.87 bits per heavy atom. The maximum absolute atomic E-state index is 16.8. The number of aromatic hydroxyl groups is 1. The molecule has 1 amide bonds. The first kappa shape index (κ1) is 28.3. The van der Waals surface area contributed by atoms with Crippen molar-refractivity contribution in [2.24, 2.45) is 11.8 Å². The number of benzene rings is 2. The number of aryl methyl sites for hydroxylation is 1. The van der Waals surface area contributed by atoms with Crippen molar-refractivity contribution >= 4 is 33.4 Å². The van der Waals surface area contributed by atoms with Crippen LogP contribution in [0, 0.1) is 23.5 Å². The molecule has 0 bridgehead atoms. The molecule has 4 saturated heterocycles. The SMILES string of the molecule is CCc1c(F)ccc2cc(O)cc(-c3ncc4c(N5CC6CNC(=O)C6C5)nc(OC[C@@]56CCCN5C[C@H](F)C6)nc4c3F)c12. The van der Waals surface area contributed by atoms with Crippen molar-refractivity contribution in [3.8, 4) is 23.0 Å². The van der Waals surface area contributed by atoms with Crippen LogP contribution in [0.4, 0.5) is 19.0 Å². The van der Waals surface area contributed by atoms with Gasteiger partial charge in [0.25, 0.3) is 0 Å². The smallest absolute Gasteiger partial charge is 0.319 e. The van der Waals surface area contributed by atoms with Crippen LogP contribution in [0.15, 0.2) is 30.5 Å². The van der Waals surface area contributed by atoms with E-state index in [9.17, 15) is 18.7 Å². The number of aromatic nitrogens is 3. The van der Waals surface area contributed by atoms with Gasteiger partial charge >= 0.3 is 6.01 Å². The molecule has 4 fully saturated rings. The lowest BCUT2D eigenvalue weighted by atomic mass is 9.94. The molecular formula is C33H33F3N6O3. The molecule has 2 aromatic heterocycles. The predicted molar refractivity (Wildman–Crippen MR) is 162 cm³/mol. The Morgan fingerprint density at radius 2 is 2.04 bits per heavy atom. The first-order valence-electron chi connectivity index (χ1n) is 15.6. The number of rotatable bonds is 6. The number of pyridine rings is 1. The Hall–Kier alpha value is -4.19. The molecule has 4 aliphatic heterocycles. The highest BCUT2D eigenvalue weighted by molar-refractivity contribution is 6.02. The van der Waals surface area contributed by atoms with Crippen LogP contribution in [0.25, 0.3) is 32.9 Å². The Labute approximate surface area is 257 Å². The number of phenols is 1. The summed E-state index contributed by atoms with van der Waals surface area (Å²) in [5.74, 6) is -1.01. The van der Waals surface area contributed by atoms with Crippen LogP contribution in [0.1, 0.15) is 31.7 Å². The van der Waals surface area contributed by atoms with E-state index in [4.69, 9.17) is 9.72 Å². The number of nitrogens with one attached hydrogen (secondary N) is 1. The Balaban J connectivity index is 1.27. The molecule has 12 heteroatoms. The Bertz CT molecular complexity index is 1870. The lowest BCUT2D eigenvalue weighted by Crippen LogP contribution is -2.43. The third kappa shape index (κ3) is 4.47. The van der Waals surface area contributed by atoms with Crippen LogP contribution >= 0.6 is 0 Å². The van der Waals surface area contributed by atoms with E-state index in [0.717, 1.165) is 19.4 Å². The molecule has 0 radical (unpaired) electrons. The minimum Gasteiger partial charge on any atom is -0.508 e. The summed E-state index contributed by atoms with van der Waals surface area (Å²) in [7, 11) is 0. The van der Waals surface area contributed by atoms with Gasteiger partial charge in [0.15, 0.2) is 5.82 Å². The number of hydrogen-bond acceptors (Lipinski definition) is 8. The number of phenolic OH excluding ortho intramolecular Hbond substituents is 1. The number of fused-ring (bicyclic) bond motifs is 4. The van der Waals surface area contributed by atoms with Crippen LogP contribution < -0.4 is 15.0 Å². The molecule has 9 nitrogen and oxygen atoms in total. The number of hydrogen-bond donors (Lipinski definition) is 2. The fraction of sp³-hybridized carbons (Fsp3) is 0.455. The molecule has 0 spiro atoms. The van der Waals surface area contributed by atoms with E-state index < -0.39 is 23.3 Å². The summed E-state index contributed by atoms with van der Waals surface area (Å²) in [6.45, 7) is 4.66. The van der Waals surface area contributed by atoms with E-state index in [1.165, 1.54) is 24.4 Å². The Morgan fingerprint density at radius 1 is 1.18 bits per heavy atom. The maximum Gasteiger partial charge on any atom is 0.319 e. The second-order valence-electron chi connectivity index (χ2n) is 12.9. The normalized spacial score (nSPS) is 26.2. The van der Waals surface area contributed by atoms with Gasteiger partial charge in [0, 0.05) is 50.3 Å². The predicted octanol–water partition coefficient (Wildman–Crippen LogP) is 4.53. The average Bonchev–Trinajstić information content (AvgIpc) is 3.77. The van der Waals surface area contributed by atoms with Crippen LogP contribution in [-0.4, -0.2) is 81.9 Å². The summed E-state index contributed by atoms with van der Waals surface area (Å²) in [6.07, 6.45) is 3.01. The fourth-order valence-corrected chi connectivity index (χ4v) is 8.11. The third-order valence-corrected chi connectivity index (χ3v) is 10.3. The van der Waals surface area contributed by atoms with E-state index in [-0.39, 0.29) is 52.9 Å². The van der Waals surface area contributed by atoms with Gasteiger partial charge in [-0.2, -0.15) is 9.97 Å². The molecule has 0 saturated carbocycles. The highest BCUT2D eigenvalue weighted by Gasteiger charge is 2.49. The van der Waals surface area contributed by atoms with Crippen LogP contribution in [0.5, 0.6) is 11.8 Å². The highest BCUT2D eigenvalue weighted by Crippen LogP contribution is 2.42. The van der Waals surface area contributed by atoms with Gasteiger partial charge in [-0.1, -0.05) is 13.0 Å². The Kier molecular flexibility index (Phi) is 6.56. The first-order valence-corrected chi connectivity index (χ1v) is 15.6. The minimum atomic E-state index is -0.932. The van der Waals surface area contributed by atoms with Gasteiger partial charge in [-0.3, -0.25) is 14.7 Å². The number of carbonyl (C=O) groups is 1. The molecule has 0 aliphatic carbocycles. The number of carbonyl (C=O) groups excluding carboxylic acids is 1. The van der Waals surface area contributed by atoms with Gasteiger partial charge < -0.3 is 20.1 Å². The zero-order valence-corrected chi connectivity index (χ0v) is 24.8. The van der Waals surface area contributed by atoms with E-state index >= 15 is 4.39 Å². The number of anilines is 1. The molecule has 45 heavy (non-hydrogen) atoms. The van der Waals surface area contributed by atoms with Crippen molar-refractivity contribution in [3.05, 3.63) is 47.7 Å². The van der Waals surface area contributed by atoms with Gasteiger partial charge in [-0.25, -0.2) is 13.2 Å². The molecule has 234 valence electrons. The average molecular weight is 619 g/mol. The van der Waals surface area contributed by atoms with Crippen LogP contribution in [0.3, 0.4) is 0 Å². The quantitative estimate of drug-likeness (QED) is 0.325. The molecule has 2 N–H and O–H groups in total. The molecule has 4 aromatic rings. The number of halogens is 3. The molecule has 4 aliphatic rings. The lowest BCUT2D eigenvalue weighted by Gasteiger charge is -2.31. The summed E-state index contributed by atoms with van der Waals surface area (Å²) in [5, 5.41) is 14.8. The highest BCUT2D eigenvalue weighted by atomic mass is 19.1. The van der Waals surface area contributed by atoms with Gasteiger partial charge in [0.05, 0.1) is 16.8 Å². The minimum absolute atomic E-state index is 0.0129. The van der Waals surface area contributed by atoms with Crippen molar-refractivity contribution in [3.63, 3.8) is 0 Å².